The molecule has 0 bridgehead atoms. The van der Waals surface area contributed by atoms with Crippen LogP contribution in [0.25, 0.3) is 10.9 Å². The average molecular weight is 918 g/mol. The molecule has 1 aromatic heterocycles. The van der Waals surface area contributed by atoms with Crippen LogP contribution in [-0.2, 0) is 52.8 Å². The monoisotopic (exact) mass is 918 g/mol. The molecular weight excluding hydrogens is 851 g/mol. The number of nitrogens with zero attached hydrogens (tertiary/aromatic N) is 1. The maximum Gasteiger partial charge on any atom is 0.245 e. The molecule has 358 valence electrons. The van der Waals surface area contributed by atoms with Gasteiger partial charge in [-0.15, -0.1) is 0 Å². The first-order valence-corrected chi connectivity index (χ1v) is 23.8. The van der Waals surface area contributed by atoms with E-state index in [1.165, 1.54) is 11.8 Å². The average Bonchev–Trinajstić information content (AvgIpc) is 3.99. The molecule has 1 aliphatic carbocycles. The molecule has 1 saturated heterocycles. The molecule has 2 heterocycles. The highest BCUT2D eigenvalue weighted by molar-refractivity contribution is 5.97. The van der Waals surface area contributed by atoms with Gasteiger partial charge >= 0.3 is 0 Å². The molecule has 16 nitrogen and oxygen atoms in total. The van der Waals surface area contributed by atoms with E-state index in [2.05, 4.69) is 31.6 Å². The molecule has 16 heteroatoms. The summed E-state index contributed by atoms with van der Waals surface area (Å²) in [5.41, 5.74) is 14.9. The van der Waals surface area contributed by atoms with Crippen LogP contribution in [0.15, 0.2) is 91.1 Å². The summed E-state index contributed by atoms with van der Waals surface area (Å²) >= 11 is 0. The fraction of sp³-hybridized carbons (Fsp3) is 0.471. The van der Waals surface area contributed by atoms with Crippen LogP contribution < -0.4 is 38.1 Å². The molecule has 0 radical (unpaired) electrons. The molecule has 4 aromatic rings. The van der Waals surface area contributed by atoms with E-state index in [4.69, 9.17) is 11.5 Å². The van der Waals surface area contributed by atoms with Crippen LogP contribution in [0.2, 0.25) is 0 Å². The van der Waals surface area contributed by atoms with Crippen molar-refractivity contribution >= 4 is 52.3 Å². The summed E-state index contributed by atoms with van der Waals surface area (Å²) in [6.45, 7) is 1.98. The third-order valence-electron chi connectivity index (χ3n) is 13.0. The minimum atomic E-state index is -1.17. The fourth-order valence-corrected chi connectivity index (χ4v) is 9.43. The zero-order chi connectivity index (χ0) is 47.7. The number of amides is 7. The number of carbonyl (C=O) groups is 7. The number of primary amides is 1. The van der Waals surface area contributed by atoms with Gasteiger partial charge in [-0.1, -0.05) is 111 Å². The quantitative estimate of drug-likeness (QED) is 0.0512. The summed E-state index contributed by atoms with van der Waals surface area (Å²) in [7, 11) is 0. The van der Waals surface area contributed by atoms with Crippen LogP contribution in [0.3, 0.4) is 0 Å². The number of para-hydroxylation sites is 1. The summed E-state index contributed by atoms with van der Waals surface area (Å²) < 4.78 is 0. The Labute approximate surface area is 392 Å². The van der Waals surface area contributed by atoms with Gasteiger partial charge < -0.3 is 47.9 Å². The number of aromatic nitrogens is 1. The Morgan fingerprint density at radius 1 is 0.642 bits per heavy atom. The Bertz CT molecular complexity index is 2300. The highest BCUT2D eigenvalue weighted by atomic mass is 16.2. The van der Waals surface area contributed by atoms with Gasteiger partial charge in [-0.3, -0.25) is 33.6 Å². The van der Waals surface area contributed by atoms with Crippen molar-refractivity contribution in [3.8, 4) is 0 Å². The molecule has 6 atom stereocenters. The number of hydrogen-bond acceptors (Lipinski definition) is 8. The van der Waals surface area contributed by atoms with Crippen molar-refractivity contribution in [2.45, 2.75) is 133 Å². The highest BCUT2D eigenvalue weighted by Gasteiger charge is 2.40. The molecule has 1 saturated carbocycles. The molecule has 10 N–H and O–H groups in total. The number of nitrogens with one attached hydrogen (secondary N) is 6. The number of hydrogen-bond donors (Lipinski definition) is 8. The molecule has 2 aliphatic rings. The van der Waals surface area contributed by atoms with Gasteiger partial charge in [-0.05, 0) is 73.7 Å². The van der Waals surface area contributed by atoms with E-state index in [9.17, 15) is 33.6 Å². The summed E-state index contributed by atoms with van der Waals surface area (Å²) in [5.74, 6) is -3.64. The van der Waals surface area contributed by atoms with E-state index in [0.29, 0.717) is 38.6 Å². The third-order valence-corrected chi connectivity index (χ3v) is 13.0. The standard InChI is InChI=1S/C51H67N9O7/c1-33(61)55-42(29-35-18-7-3-8-19-35)47(63)56-40(24-13-14-26-52)51(67)60-27-15-25-45(60)50(66)59-43(30-36-20-9-4-10-21-36)48(64)58-44(31-37-32-54-39-23-12-11-22-38(37)39)49(65)57-41(46(53)62)28-34-16-5-2-6-17-34/h2-3,5-8,11-12,16-19,22-23,32,36,40-45,54H,4,9-10,13-15,20-21,24-31,52H2,1H3,(H2,53,62)(H,55,61)(H,56,63)(H,57,65)(H,58,64)(H,59,66)/t40-,41-,42-,43-,44-,45-/m0/s1. The summed E-state index contributed by atoms with van der Waals surface area (Å²) in [6, 6.07) is 19.8. The molecule has 67 heavy (non-hydrogen) atoms. The lowest BCUT2D eigenvalue weighted by molar-refractivity contribution is -0.142. The lowest BCUT2D eigenvalue weighted by Crippen LogP contribution is -2.60. The van der Waals surface area contributed by atoms with Gasteiger partial charge in [0, 0.05) is 49.8 Å². The predicted octanol–water partition coefficient (Wildman–Crippen LogP) is 3.22. The van der Waals surface area contributed by atoms with Crippen LogP contribution in [0.5, 0.6) is 0 Å². The van der Waals surface area contributed by atoms with Crippen molar-refractivity contribution in [2.75, 3.05) is 13.1 Å². The molecule has 6 rings (SSSR count). The van der Waals surface area contributed by atoms with E-state index >= 15 is 0 Å². The van der Waals surface area contributed by atoms with Gasteiger partial charge in [-0.25, -0.2) is 0 Å². The number of nitrogens with two attached hydrogens (primary N) is 2. The van der Waals surface area contributed by atoms with Gasteiger partial charge in [-0.2, -0.15) is 0 Å². The second-order valence-electron chi connectivity index (χ2n) is 18.1. The molecule has 0 spiro atoms. The second-order valence-corrected chi connectivity index (χ2v) is 18.1. The molecular formula is C51H67N9O7. The molecule has 1 aliphatic heterocycles. The van der Waals surface area contributed by atoms with Crippen molar-refractivity contribution in [1.29, 1.82) is 0 Å². The van der Waals surface area contributed by atoms with Crippen LogP contribution >= 0.6 is 0 Å². The number of likely N-dealkylation sites (tertiary alicyclic amines) is 1. The van der Waals surface area contributed by atoms with Crippen molar-refractivity contribution in [3.63, 3.8) is 0 Å². The summed E-state index contributed by atoms with van der Waals surface area (Å²) in [4.78, 5) is 101. The lowest BCUT2D eigenvalue weighted by Gasteiger charge is -2.32. The Kier molecular flexibility index (Phi) is 18.5. The van der Waals surface area contributed by atoms with Crippen LogP contribution in [0.4, 0.5) is 0 Å². The first-order valence-electron chi connectivity index (χ1n) is 23.8. The number of H-pyrrole nitrogens is 1. The Balaban J connectivity index is 1.22. The number of rotatable bonds is 23. The van der Waals surface area contributed by atoms with Gasteiger partial charge in [0.05, 0.1) is 0 Å². The number of carbonyl (C=O) groups excluding carboxylic acids is 7. The number of aromatic amines is 1. The Morgan fingerprint density at radius 2 is 1.22 bits per heavy atom. The maximum atomic E-state index is 14.7. The Hall–Kier alpha value is -6.55. The topological polar surface area (TPSA) is 251 Å². The predicted molar refractivity (Wildman–Crippen MR) is 256 cm³/mol. The van der Waals surface area contributed by atoms with Crippen molar-refractivity contribution in [2.24, 2.45) is 17.4 Å². The molecule has 7 amide bonds. The zero-order valence-electron chi connectivity index (χ0n) is 38.5. The highest BCUT2D eigenvalue weighted by Crippen LogP contribution is 2.28. The maximum absolute atomic E-state index is 14.7. The smallest absolute Gasteiger partial charge is 0.245 e. The van der Waals surface area contributed by atoms with E-state index in [0.717, 1.165) is 59.7 Å². The van der Waals surface area contributed by atoms with Gasteiger partial charge in [0.25, 0.3) is 0 Å². The fourth-order valence-electron chi connectivity index (χ4n) is 9.43. The third kappa shape index (κ3) is 14.5. The van der Waals surface area contributed by atoms with Crippen molar-refractivity contribution < 1.29 is 33.6 Å². The minimum Gasteiger partial charge on any atom is -0.368 e. The lowest BCUT2D eigenvalue weighted by atomic mass is 9.84. The van der Waals surface area contributed by atoms with Crippen LogP contribution in [0.1, 0.15) is 94.2 Å². The van der Waals surface area contributed by atoms with Gasteiger partial charge in [0.2, 0.25) is 41.4 Å². The number of benzene rings is 3. The van der Waals surface area contributed by atoms with Gasteiger partial charge in [0.15, 0.2) is 0 Å². The first kappa shape index (κ1) is 49.9. The number of unbranched alkanes of at least 4 members (excludes halogenated alkanes) is 1. The summed E-state index contributed by atoms with van der Waals surface area (Å²) in [6.07, 6.45) is 9.60. The summed E-state index contributed by atoms with van der Waals surface area (Å²) in [5, 5.41) is 15.2. The van der Waals surface area contributed by atoms with Gasteiger partial charge in [0.1, 0.15) is 36.3 Å². The van der Waals surface area contributed by atoms with E-state index in [-0.39, 0.29) is 38.1 Å². The number of fused-ring (bicyclic) bond motifs is 1. The second kappa shape index (κ2) is 24.8. The molecule has 0 unspecified atom stereocenters. The minimum absolute atomic E-state index is 0.0683. The zero-order valence-corrected chi connectivity index (χ0v) is 38.5. The SMILES string of the molecule is CC(=O)N[C@@H](Cc1ccccc1)C(=O)N[C@@H](CCCCN)C(=O)N1CCC[C@H]1C(=O)N[C@@H](CC1CCCCC1)C(=O)N[C@@H](Cc1c[nH]c2ccccc12)C(=O)N[C@@H](Cc1ccccc1)C(N)=O. The van der Waals surface area contributed by atoms with E-state index in [1.54, 1.807) is 6.20 Å². The van der Waals surface area contributed by atoms with E-state index in [1.807, 2.05) is 84.9 Å². The Morgan fingerprint density at radius 3 is 1.87 bits per heavy atom. The van der Waals surface area contributed by atoms with Crippen LogP contribution in [0, 0.1) is 5.92 Å². The van der Waals surface area contributed by atoms with Crippen molar-refractivity contribution in [3.05, 3.63) is 108 Å². The van der Waals surface area contributed by atoms with E-state index < -0.39 is 77.6 Å². The normalized spacial score (nSPS) is 17.3. The largest absolute Gasteiger partial charge is 0.368 e. The van der Waals surface area contributed by atoms with Crippen LogP contribution in [-0.4, -0.2) is 101 Å². The molecule has 2 fully saturated rings. The van der Waals surface area contributed by atoms with Crippen molar-refractivity contribution in [1.82, 2.24) is 36.5 Å². The first-order chi connectivity index (χ1) is 32.4. The molecule has 3 aromatic carbocycles.